The third-order valence-electron chi connectivity index (χ3n) is 4.72. The summed E-state index contributed by atoms with van der Waals surface area (Å²) >= 11 is 0. The number of carbonyl (C=O) groups is 3. The Labute approximate surface area is 123 Å². The topological polar surface area (TPSA) is 70.2 Å². The van der Waals surface area contributed by atoms with Gasteiger partial charge in [-0.25, -0.2) is 9.69 Å². The van der Waals surface area contributed by atoms with Crippen molar-refractivity contribution in [2.75, 3.05) is 20.2 Å². The normalized spacial score (nSPS) is 32.9. The van der Waals surface area contributed by atoms with E-state index in [1.54, 1.807) is 16.9 Å². The Bertz CT molecular complexity index is 469. The van der Waals surface area contributed by atoms with E-state index < -0.39 is 12.1 Å². The van der Waals surface area contributed by atoms with Gasteiger partial charge in [0.2, 0.25) is 5.91 Å². The smallest absolute Gasteiger partial charge is 0.328 e. The van der Waals surface area contributed by atoms with Crippen molar-refractivity contribution in [2.24, 2.45) is 0 Å². The van der Waals surface area contributed by atoms with Crippen LogP contribution in [0.1, 0.15) is 26.7 Å². The lowest BCUT2D eigenvalue weighted by Gasteiger charge is -2.24. The Morgan fingerprint density at radius 3 is 2.38 bits per heavy atom. The van der Waals surface area contributed by atoms with E-state index in [1.807, 2.05) is 13.8 Å². The molecule has 0 saturated carbocycles. The van der Waals surface area contributed by atoms with Gasteiger partial charge >= 0.3 is 6.03 Å². The van der Waals surface area contributed by atoms with E-state index in [0.717, 1.165) is 0 Å². The molecule has 3 saturated heterocycles. The number of nitrogens with zero attached hydrogens (tertiary/aromatic N) is 3. The number of carbonyl (C=O) groups excluding carboxylic acids is 3. The summed E-state index contributed by atoms with van der Waals surface area (Å²) in [5, 5.41) is 0. The number of hydrogen-bond acceptors (Lipinski definition) is 4. The molecule has 7 heteroatoms. The van der Waals surface area contributed by atoms with Gasteiger partial charge in [-0.3, -0.25) is 9.59 Å². The molecule has 3 fully saturated rings. The first-order valence-electron chi connectivity index (χ1n) is 7.42. The lowest BCUT2D eigenvalue weighted by Crippen LogP contribution is -2.47. The SMILES string of the molecule is CO[C@@H]1C[C@@H]2C(=O)N([C@@H]3CCN(C(C)C)C3=O)C(=O)N2C1. The van der Waals surface area contributed by atoms with Gasteiger partial charge in [0.1, 0.15) is 12.1 Å². The summed E-state index contributed by atoms with van der Waals surface area (Å²) in [5.74, 6) is -0.361. The molecule has 0 radical (unpaired) electrons. The van der Waals surface area contributed by atoms with E-state index in [4.69, 9.17) is 4.74 Å². The summed E-state index contributed by atoms with van der Waals surface area (Å²) in [4.78, 5) is 41.8. The minimum Gasteiger partial charge on any atom is -0.380 e. The summed E-state index contributed by atoms with van der Waals surface area (Å²) < 4.78 is 5.23. The zero-order chi connectivity index (χ0) is 15.3. The van der Waals surface area contributed by atoms with Crippen molar-refractivity contribution in [3.05, 3.63) is 0 Å². The van der Waals surface area contributed by atoms with Gasteiger partial charge in [0.15, 0.2) is 0 Å². The average Bonchev–Trinajstić information content (AvgIpc) is 3.07. The molecular weight excluding hydrogens is 274 g/mol. The molecule has 0 bridgehead atoms. The van der Waals surface area contributed by atoms with Crippen molar-refractivity contribution in [1.82, 2.24) is 14.7 Å². The summed E-state index contributed by atoms with van der Waals surface area (Å²) in [5.41, 5.74) is 0. The highest BCUT2D eigenvalue weighted by atomic mass is 16.5. The number of imide groups is 1. The molecular formula is C14H21N3O4. The molecule has 3 aliphatic rings. The van der Waals surface area contributed by atoms with E-state index in [1.165, 1.54) is 4.90 Å². The molecule has 4 amide bonds. The maximum atomic E-state index is 12.5. The van der Waals surface area contributed by atoms with Crippen LogP contribution in [-0.2, 0) is 14.3 Å². The van der Waals surface area contributed by atoms with E-state index in [9.17, 15) is 14.4 Å². The van der Waals surface area contributed by atoms with Crippen molar-refractivity contribution in [2.45, 2.75) is 50.9 Å². The summed E-state index contributed by atoms with van der Waals surface area (Å²) in [6.45, 7) is 4.91. The van der Waals surface area contributed by atoms with Gasteiger partial charge in [-0.05, 0) is 20.3 Å². The number of fused-ring (bicyclic) bond motifs is 1. The molecule has 0 unspecified atom stereocenters. The number of ether oxygens (including phenoxy) is 1. The fourth-order valence-corrected chi connectivity index (χ4v) is 3.53. The molecule has 21 heavy (non-hydrogen) atoms. The molecule has 7 nitrogen and oxygen atoms in total. The van der Waals surface area contributed by atoms with Crippen LogP contribution >= 0.6 is 0 Å². The highest BCUT2D eigenvalue weighted by Gasteiger charge is 2.55. The van der Waals surface area contributed by atoms with Crippen LogP contribution in [0.4, 0.5) is 4.79 Å². The predicted molar refractivity (Wildman–Crippen MR) is 73.4 cm³/mol. The molecule has 0 aromatic heterocycles. The first kappa shape index (κ1) is 14.3. The van der Waals surface area contributed by atoms with Crippen LogP contribution in [0.15, 0.2) is 0 Å². The van der Waals surface area contributed by atoms with Crippen molar-refractivity contribution in [3.63, 3.8) is 0 Å². The Hall–Kier alpha value is -1.63. The minimum atomic E-state index is -0.626. The second kappa shape index (κ2) is 4.98. The van der Waals surface area contributed by atoms with Gasteiger partial charge < -0.3 is 14.5 Å². The average molecular weight is 295 g/mol. The van der Waals surface area contributed by atoms with Gasteiger partial charge in [-0.1, -0.05) is 0 Å². The largest absolute Gasteiger partial charge is 0.380 e. The van der Waals surface area contributed by atoms with Gasteiger partial charge in [-0.15, -0.1) is 0 Å². The van der Waals surface area contributed by atoms with Crippen LogP contribution < -0.4 is 0 Å². The summed E-state index contributed by atoms with van der Waals surface area (Å²) in [7, 11) is 1.58. The molecule has 116 valence electrons. The lowest BCUT2D eigenvalue weighted by atomic mass is 10.1. The Morgan fingerprint density at radius 1 is 1.14 bits per heavy atom. The molecule has 0 aliphatic carbocycles. The maximum absolute atomic E-state index is 12.5. The highest BCUT2D eigenvalue weighted by molar-refractivity contribution is 6.08. The van der Waals surface area contributed by atoms with Crippen LogP contribution in [-0.4, -0.2) is 77.0 Å². The van der Waals surface area contributed by atoms with E-state index in [-0.39, 0.29) is 30.0 Å². The summed E-state index contributed by atoms with van der Waals surface area (Å²) in [6.07, 6.45) is 0.964. The third-order valence-corrected chi connectivity index (χ3v) is 4.72. The first-order valence-corrected chi connectivity index (χ1v) is 7.42. The molecule has 0 aromatic rings. The lowest BCUT2D eigenvalue weighted by molar-refractivity contribution is -0.139. The minimum absolute atomic E-state index is 0.0866. The van der Waals surface area contributed by atoms with Gasteiger partial charge in [0.05, 0.1) is 6.10 Å². The zero-order valence-corrected chi connectivity index (χ0v) is 12.6. The monoisotopic (exact) mass is 295 g/mol. The second-order valence-electron chi connectivity index (χ2n) is 6.18. The Kier molecular flexibility index (Phi) is 3.39. The Balaban J connectivity index is 1.78. The van der Waals surface area contributed by atoms with Crippen molar-refractivity contribution in [3.8, 4) is 0 Å². The number of rotatable bonds is 3. The number of hydrogen-bond donors (Lipinski definition) is 0. The number of methoxy groups -OCH3 is 1. The highest BCUT2D eigenvalue weighted by Crippen LogP contribution is 2.32. The van der Waals surface area contributed by atoms with Crippen LogP contribution in [0.5, 0.6) is 0 Å². The molecule has 0 aromatic carbocycles. The number of urea groups is 1. The van der Waals surface area contributed by atoms with E-state index >= 15 is 0 Å². The van der Waals surface area contributed by atoms with Gasteiger partial charge in [-0.2, -0.15) is 0 Å². The molecule has 3 atom stereocenters. The quantitative estimate of drug-likeness (QED) is 0.690. The van der Waals surface area contributed by atoms with Crippen molar-refractivity contribution < 1.29 is 19.1 Å². The fraction of sp³-hybridized carbons (Fsp3) is 0.786. The molecule has 3 rings (SSSR count). The molecule has 3 heterocycles. The summed E-state index contributed by atoms with van der Waals surface area (Å²) in [6, 6.07) is -1.33. The van der Waals surface area contributed by atoms with Crippen LogP contribution in [0, 0.1) is 0 Å². The van der Waals surface area contributed by atoms with Gasteiger partial charge in [0.25, 0.3) is 5.91 Å². The van der Waals surface area contributed by atoms with Crippen molar-refractivity contribution >= 4 is 17.8 Å². The van der Waals surface area contributed by atoms with E-state index in [2.05, 4.69) is 0 Å². The molecule has 0 spiro atoms. The standard InChI is InChI=1S/C14H21N3O4/c1-8(2)15-5-4-10(12(15)18)17-13(19)11-6-9(21-3)7-16(11)14(17)20/h8-11H,4-7H2,1-3H3/t9-,10-,11-/m1/s1. The zero-order valence-electron chi connectivity index (χ0n) is 12.6. The van der Waals surface area contributed by atoms with Crippen molar-refractivity contribution in [1.29, 1.82) is 0 Å². The van der Waals surface area contributed by atoms with E-state index in [0.29, 0.717) is 25.9 Å². The maximum Gasteiger partial charge on any atom is 0.328 e. The van der Waals surface area contributed by atoms with Crippen LogP contribution in [0.25, 0.3) is 0 Å². The van der Waals surface area contributed by atoms with Crippen LogP contribution in [0.2, 0.25) is 0 Å². The second-order valence-corrected chi connectivity index (χ2v) is 6.18. The predicted octanol–water partition coefficient (Wildman–Crippen LogP) is 0.0472. The first-order chi connectivity index (χ1) is 9.95. The molecule has 3 aliphatic heterocycles. The third kappa shape index (κ3) is 2.02. The van der Waals surface area contributed by atoms with Gasteiger partial charge in [0, 0.05) is 32.7 Å². The number of likely N-dealkylation sites (tertiary alicyclic amines) is 1. The molecule has 0 N–H and O–H groups in total. The number of amides is 4. The van der Waals surface area contributed by atoms with Crippen LogP contribution in [0.3, 0.4) is 0 Å². The fourth-order valence-electron chi connectivity index (χ4n) is 3.53. The Morgan fingerprint density at radius 2 is 1.86 bits per heavy atom.